The Bertz CT molecular complexity index is 857. The van der Waals surface area contributed by atoms with Gasteiger partial charge in [-0.15, -0.1) is 0 Å². The van der Waals surface area contributed by atoms with Gasteiger partial charge >= 0.3 is 12.0 Å². The topological polar surface area (TPSA) is 105 Å². The van der Waals surface area contributed by atoms with Crippen LogP contribution in [0.5, 0.6) is 0 Å². The molecule has 8 heteroatoms. The van der Waals surface area contributed by atoms with Gasteiger partial charge in [-0.25, -0.2) is 19.6 Å². The predicted molar refractivity (Wildman–Crippen MR) is 125 cm³/mol. The van der Waals surface area contributed by atoms with E-state index >= 15 is 0 Å². The third-order valence-corrected chi connectivity index (χ3v) is 5.14. The number of aliphatic carboxylic acids is 1. The highest BCUT2D eigenvalue weighted by molar-refractivity contribution is 5.92. The van der Waals surface area contributed by atoms with Crippen molar-refractivity contribution in [1.29, 1.82) is 0 Å². The molecule has 1 unspecified atom stereocenters. The van der Waals surface area contributed by atoms with E-state index in [0.29, 0.717) is 19.0 Å². The molecule has 8 nitrogen and oxygen atoms in total. The van der Waals surface area contributed by atoms with Gasteiger partial charge in [-0.1, -0.05) is 44.7 Å². The number of anilines is 1. The monoisotopic (exact) mass is 442 g/mol. The largest absolute Gasteiger partial charge is 0.479 e. The first-order chi connectivity index (χ1) is 15.5. The minimum Gasteiger partial charge on any atom is -0.479 e. The Morgan fingerprint density at radius 3 is 2.47 bits per heavy atom. The van der Waals surface area contributed by atoms with Crippen LogP contribution in [0.1, 0.15) is 51.8 Å². The van der Waals surface area contributed by atoms with Crippen LogP contribution in [0.3, 0.4) is 0 Å². The zero-order chi connectivity index (χ0) is 23.3. The fraction of sp³-hybridized carbons (Fsp3) is 0.500. The first kappa shape index (κ1) is 25.3. The lowest BCUT2D eigenvalue weighted by Gasteiger charge is -2.19. The molecule has 0 spiro atoms. The van der Waals surface area contributed by atoms with Crippen molar-refractivity contribution in [3.05, 3.63) is 42.5 Å². The van der Waals surface area contributed by atoms with Gasteiger partial charge in [0, 0.05) is 50.3 Å². The van der Waals surface area contributed by atoms with Crippen LogP contribution in [0.25, 0.3) is 11.1 Å². The van der Waals surface area contributed by atoms with Crippen LogP contribution in [0.15, 0.2) is 36.7 Å². The molecule has 0 bridgehead atoms. The van der Waals surface area contributed by atoms with Crippen molar-refractivity contribution in [3.8, 4) is 11.1 Å². The van der Waals surface area contributed by atoms with E-state index in [4.69, 9.17) is 4.74 Å². The summed E-state index contributed by atoms with van der Waals surface area (Å²) in [7, 11) is 1.74. The summed E-state index contributed by atoms with van der Waals surface area (Å²) in [6, 6.07) is 7.43. The van der Waals surface area contributed by atoms with E-state index in [-0.39, 0.29) is 12.5 Å². The van der Waals surface area contributed by atoms with E-state index in [0.717, 1.165) is 29.7 Å². The molecule has 1 aromatic carbocycles. The second-order valence-electron chi connectivity index (χ2n) is 7.63. The number of amides is 2. The Hall–Kier alpha value is -3.00. The molecule has 1 aromatic heterocycles. The molecule has 0 aliphatic heterocycles. The maximum atomic E-state index is 12.5. The number of nitrogens with zero attached hydrogens (tertiary/aromatic N) is 3. The minimum absolute atomic E-state index is 0.102. The van der Waals surface area contributed by atoms with Gasteiger partial charge in [-0.2, -0.15) is 0 Å². The number of carbonyl (C=O) groups excluding carboxylic acids is 1. The third-order valence-electron chi connectivity index (χ3n) is 5.14. The van der Waals surface area contributed by atoms with Crippen molar-refractivity contribution in [1.82, 2.24) is 15.3 Å². The Labute approximate surface area is 190 Å². The smallest absolute Gasteiger partial charge is 0.333 e. The van der Waals surface area contributed by atoms with Crippen LogP contribution < -0.4 is 10.2 Å². The number of aromatic nitrogens is 2. The molecule has 174 valence electrons. The molecule has 0 radical (unpaired) electrons. The lowest BCUT2D eigenvalue weighted by Crippen LogP contribution is -2.37. The fourth-order valence-corrected chi connectivity index (χ4v) is 3.25. The van der Waals surface area contributed by atoms with Crippen LogP contribution in [0.2, 0.25) is 0 Å². The van der Waals surface area contributed by atoms with Gasteiger partial charge in [0.25, 0.3) is 0 Å². The summed E-state index contributed by atoms with van der Waals surface area (Å²) in [5.41, 5.74) is 2.41. The summed E-state index contributed by atoms with van der Waals surface area (Å²) in [5.74, 6) is -0.629. The molecule has 0 fully saturated rings. The molecule has 2 N–H and O–H groups in total. The first-order valence-corrected chi connectivity index (χ1v) is 11.2. The molecular formula is C24H34N4O4. The van der Waals surface area contributed by atoms with E-state index in [9.17, 15) is 14.7 Å². The van der Waals surface area contributed by atoms with Crippen LogP contribution in [-0.4, -0.2) is 53.4 Å². The number of unbranched alkanes of at least 4 members (excludes halogenated alkanes) is 4. The molecule has 1 heterocycles. The number of nitrogens with one attached hydrogen (secondary N) is 1. The maximum absolute atomic E-state index is 12.5. The molecule has 2 rings (SSSR count). The summed E-state index contributed by atoms with van der Waals surface area (Å²) in [5, 5.41) is 12.2. The van der Waals surface area contributed by atoms with Crippen LogP contribution in [0.4, 0.5) is 10.5 Å². The standard InChI is InChI=1S/C24H34N4O4/c1-4-6-7-8-9-13-25-24(31)28(3)20-12-10-11-18(14-20)19-16-26-22(27-17-19)15-21(23(29)30)32-5-2/h10-12,14,16-17,21H,4-9,13,15H2,1-3H3,(H,25,31)(H,29,30). The first-order valence-electron chi connectivity index (χ1n) is 11.2. The average Bonchev–Trinajstić information content (AvgIpc) is 2.81. The van der Waals surface area contributed by atoms with E-state index in [1.165, 1.54) is 19.3 Å². The highest BCUT2D eigenvalue weighted by atomic mass is 16.5. The summed E-state index contributed by atoms with van der Waals surface area (Å²) in [6.07, 6.45) is 8.20. The van der Waals surface area contributed by atoms with Crippen molar-refractivity contribution in [3.63, 3.8) is 0 Å². The molecular weight excluding hydrogens is 408 g/mol. The number of carbonyl (C=O) groups is 2. The van der Waals surface area contributed by atoms with Crippen molar-refractivity contribution in [2.24, 2.45) is 0 Å². The van der Waals surface area contributed by atoms with Gasteiger partial charge in [0.05, 0.1) is 0 Å². The summed E-state index contributed by atoms with van der Waals surface area (Å²) in [6.45, 7) is 4.91. The molecule has 0 saturated heterocycles. The van der Waals surface area contributed by atoms with Crippen LogP contribution in [-0.2, 0) is 16.0 Å². The molecule has 2 aromatic rings. The van der Waals surface area contributed by atoms with Gasteiger partial charge < -0.3 is 15.2 Å². The van der Waals surface area contributed by atoms with Crippen molar-refractivity contribution >= 4 is 17.7 Å². The zero-order valence-corrected chi connectivity index (χ0v) is 19.2. The van der Waals surface area contributed by atoms with Crippen LogP contribution >= 0.6 is 0 Å². The zero-order valence-electron chi connectivity index (χ0n) is 19.2. The summed E-state index contributed by atoms with van der Waals surface area (Å²) < 4.78 is 5.22. The number of rotatable bonds is 13. The number of carboxylic acids is 1. The van der Waals surface area contributed by atoms with Gasteiger partial charge in [-0.3, -0.25) is 4.90 Å². The Morgan fingerprint density at radius 1 is 1.09 bits per heavy atom. The SMILES string of the molecule is CCCCCCCNC(=O)N(C)c1cccc(-c2cnc(CC(OCC)C(=O)O)nc2)c1. The molecule has 0 saturated carbocycles. The predicted octanol–water partition coefficient (Wildman–Crippen LogP) is 4.29. The van der Waals surface area contributed by atoms with Gasteiger partial charge in [0.15, 0.2) is 6.10 Å². The third kappa shape index (κ3) is 7.92. The number of hydrogen-bond donors (Lipinski definition) is 2. The molecule has 2 amide bonds. The van der Waals surface area contributed by atoms with Crippen molar-refractivity contribution in [2.75, 3.05) is 25.1 Å². The Kier molecular flexibility index (Phi) is 10.6. The van der Waals surface area contributed by atoms with Gasteiger partial charge in [0.1, 0.15) is 5.82 Å². The Balaban J connectivity index is 1.98. The minimum atomic E-state index is -1.03. The molecule has 32 heavy (non-hydrogen) atoms. The van der Waals surface area contributed by atoms with E-state index in [2.05, 4.69) is 22.2 Å². The molecule has 0 aliphatic carbocycles. The fourth-order valence-electron chi connectivity index (χ4n) is 3.25. The lowest BCUT2D eigenvalue weighted by molar-refractivity contribution is -0.150. The number of hydrogen-bond acceptors (Lipinski definition) is 5. The number of benzene rings is 1. The highest BCUT2D eigenvalue weighted by Crippen LogP contribution is 2.23. The second-order valence-corrected chi connectivity index (χ2v) is 7.63. The quantitative estimate of drug-likeness (QED) is 0.448. The number of ether oxygens (including phenoxy) is 1. The van der Waals surface area contributed by atoms with E-state index < -0.39 is 12.1 Å². The van der Waals surface area contributed by atoms with E-state index in [1.54, 1.807) is 31.3 Å². The molecule has 1 atom stereocenters. The van der Waals surface area contributed by atoms with Crippen molar-refractivity contribution < 1.29 is 19.4 Å². The van der Waals surface area contributed by atoms with Gasteiger partial charge in [-0.05, 0) is 31.0 Å². The molecule has 0 aliphatic rings. The number of carboxylic acid groups (broad SMARTS) is 1. The number of urea groups is 1. The summed E-state index contributed by atoms with van der Waals surface area (Å²) >= 11 is 0. The van der Waals surface area contributed by atoms with Gasteiger partial charge in [0.2, 0.25) is 0 Å². The van der Waals surface area contributed by atoms with E-state index in [1.807, 2.05) is 24.3 Å². The second kappa shape index (κ2) is 13.4. The Morgan fingerprint density at radius 2 is 1.81 bits per heavy atom. The highest BCUT2D eigenvalue weighted by Gasteiger charge is 2.19. The normalized spacial score (nSPS) is 11.7. The van der Waals surface area contributed by atoms with Crippen molar-refractivity contribution in [2.45, 2.75) is 58.5 Å². The maximum Gasteiger partial charge on any atom is 0.333 e. The van der Waals surface area contributed by atoms with Crippen LogP contribution in [0, 0.1) is 0 Å². The lowest BCUT2D eigenvalue weighted by atomic mass is 10.1. The average molecular weight is 443 g/mol. The summed E-state index contributed by atoms with van der Waals surface area (Å²) in [4.78, 5) is 33.9.